The molecule has 1 rings (SSSR count). The van der Waals surface area contributed by atoms with E-state index >= 15 is 0 Å². The first-order valence-electron chi connectivity index (χ1n) is 4.41. The molecule has 5 heteroatoms. The number of rotatable bonds is 4. The van der Waals surface area contributed by atoms with Gasteiger partial charge in [0.15, 0.2) is 0 Å². The number of carbonyl (C=O) groups is 1. The zero-order valence-corrected chi connectivity index (χ0v) is 9.21. The van der Waals surface area contributed by atoms with Crippen LogP contribution in [0.2, 0.25) is 0 Å². The van der Waals surface area contributed by atoms with E-state index in [0.717, 1.165) is 0 Å². The summed E-state index contributed by atoms with van der Waals surface area (Å²) in [7, 11) is 1.33. The quantitative estimate of drug-likeness (QED) is 0.458. The van der Waals surface area contributed by atoms with Crippen LogP contribution in [0.5, 0.6) is 0 Å². The Balaban J connectivity index is 3.03. The lowest BCUT2D eigenvalue weighted by molar-refractivity contribution is 0.0597. The molecule has 4 nitrogen and oxygen atoms in total. The highest BCUT2D eigenvalue weighted by Gasteiger charge is 2.13. The summed E-state index contributed by atoms with van der Waals surface area (Å²) in [6.45, 7) is 0.0413. The maximum Gasteiger partial charge on any atom is 0.339 e. The molecule has 82 valence electrons. The average Bonchev–Trinajstić information content (AvgIpc) is 2.26. The summed E-state index contributed by atoms with van der Waals surface area (Å²) in [6.07, 6.45) is 0. The van der Waals surface area contributed by atoms with Gasteiger partial charge in [0.25, 0.3) is 0 Å². The van der Waals surface area contributed by atoms with Crippen molar-refractivity contribution in [3.05, 3.63) is 23.8 Å². The monoisotopic (exact) mass is 227 g/mol. The van der Waals surface area contributed by atoms with Crippen molar-refractivity contribution in [1.29, 1.82) is 0 Å². The van der Waals surface area contributed by atoms with Crippen LogP contribution in [0.15, 0.2) is 23.1 Å². The second-order valence-corrected chi connectivity index (χ2v) is 3.89. The maximum atomic E-state index is 11.4. The van der Waals surface area contributed by atoms with Crippen molar-refractivity contribution in [1.82, 2.24) is 0 Å². The standard InChI is InChI=1S/C10H13NO3S/c1-14-10(13)7-3-2-4-8(11)9(7)15-6-5-12/h2-4,12H,5-6,11H2,1H3. The molecule has 0 aliphatic rings. The Morgan fingerprint density at radius 1 is 1.60 bits per heavy atom. The molecule has 15 heavy (non-hydrogen) atoms. The summed E-state index contributed by atoms with van der Waals surface area (Å²) < 4.78 is 4.64. The highest BCUT2D eigenvalue weighted by atomic mass is 32.2. The van der Waals surface area contributed by atoms with Gasteiger partial charge in [0.2, 0.25) is 0 Å². The number of hydrogen-bond acceptors (Lipinski definition) is 5. The maximum absolute atomic E-state index is 11.4. The molecule has 0 saturated heterocycles. The number of aliphatic hydroxyl groups excluding tert-OH is 1. The molecule has 0 aliphatic heterocycles. The van der Waals surface area contributed by atoms with Gasteiger partial charge in [-0.25, -0.2) is 4.79 Å². The SMILES string of the molecule is COC(=O)c1cccc(N)c1SCCO. The van der Waals surface area contributed by atoms with E-state index in [2.05, 4.69) is 4.74 Å². The summed E-state index contributed by atoms with van der Waals surface area (Å²) >= 11 is 1.34. The van der Waals surface area contributed by atoms with Gasteiger partial charge in [0.05, 0.1) is 19.3 Å². The van der Waals surface area contributed by atoms with Gasteiger partial charge in [-0.1, -0.05) is 6.07 Å². The number of esters is 1. The Labute approximate surface area is 92.4 Å². The number of benzene rings is 1. The second-order valence-electron chi connectivity index (χ2n) is 2.79. The molecule has 0 saturated carbocycles. The van der Waals surface area contributed by atoms with Gasteiger partial charge < -0.3 is 15.6 Å². The number of anilines is 1. The fraction of sp³-hybridized carbons (Fsp3) is 0.300. The normalized spacial score (nSPS) is 10.0. The van der Waals surface area contributed by atoms with Crippen molar-refractivity contribution in [2.75, 3.05) is 25.2 Å². The molecule has 0 radical (unpaired) electrons. The first kappa shape index (κ1) is 11.9. The summed E-state index contributed by atoms with van der Waals surface area (Å²) in [5.41, 5.74) is 6.71. The Morgan fingerprint density at radius 3 is 2.93 bits per heavy atom. The van der Waals surface area contributed by atoms with Crippen LogP contribution >= 0.6 is 11.8 Å². The van der Waals surface area contributed by atoms with Crippen molar-refractivity contribution < 1.29 is 14.6 Å². The van der Waals surface area contributed by atoms with E-state index in [4.69, 9.17) is 10.8 Å². The molecule has 0 fully saturated rings. The van der Waals surface area contributed by atoms with Gasteiger partial charge in [-0.3, -0.25) is 0 Å². The number of aliphatic hydroxyl groups is 1. The van der Waals surface area contributed by atoms with E-state index < -0.39 is 5.97 Å². The molecule has 1 aromatic carbocycles. The van der Waals surface area contributed by atoms with E-state index in [1.165, 1.54) is 18.9 Å². The minimum atomic E-state index is -0.414. The average molecular weight is 227 g/mol. The third kappa shape index (κ3) is 2.87. The van der Waals surface area contributed by atoms with Gasteiger partial charge in [0, 0.05) is 16.3 Å². The number of carbonyl (C=O) groups excluding carboxylic acids is 1. The van der Waals surface area contributed by atoms with Crippen LogP contribution < -0.4 is 5.73 Å². The molecule has 0 heterocycles. The highest BCUT2D eigenvalue weighted by Crippen LogP contribution is 2.29. The molecule has 1 aromatic rings. The topological polar surface area (TPSA) is 72.5 Å². The minimum absolute atomic E-state index is 0.0413. The van der Waals surface area contributed by atoms with Crippen LogP contribution in [-0.4, -0.2) is 30.5 Å². The predicted molar refractivity (Wildman–Crippen MR) is 60.0 cm³/mol. The van der Waals surface area contributed by atoms with Gasteiger partial charge >= 0.3 is 5.97 Å². The first-order valence-corrected chi connectivity index (χ1v) is 5.39. The molecule has 3 N–H and O–H groups in total. The van der Waals surface area contributed by atoms with Crippen LogP contribution in [0.4, 0.5) is 5.69 Å². The Bertz CT molecular complexity index is 355. The number of nitrogens with two attached hydrogens (primary N) is 1. The minimum Gasteiger partial charge on any atom is -0.465 e. The van der Waals surface area contributed by atoms with E-state index in [9.17, 15) is 4.79 Å². The molecule has 0 aliphatic carbocycles. The third-order valence-corrected chi connectivity index (χ3v) is 2.92. The highest BCUT2D eigenvalue weighted by molar-refractivity contribution is 7.99. The second kappa shape index (κ2) is 5.63. The molecular formula is C10H13NO3S. The van der Waals surface area contributed by atoms with Crippen molar-refractivity contribution in [3.8, 4) is 0 Å². The van der Waals surface area contributed by atoms with Crippen molar-refractivity contribution in [2.45, 2.75) is 4.90 Å². The van der Waals surface area contributed by atoms with Gasteiger partial charge in [-0.05, 0) is 12.1 Å². The van der Waals surface area contributed by atoms with Crippen LogP contribution in [0.3, 0.4) is 0 Å². The van der Waals surface area contributed by atoms with Crippen molar-refractivity contribution in [2.24, 2.45) is 0 Å². The fourth-order valence-electron chi connectivity index (χ4n) is 1.13. The smallest absolute Gasteiger partial charge is 0.339 e. The Morgan fingerprint density at radius 2 is 2.33 bits per heavy atom. The zero-order chi connectivity index (χ0) is 11.3. The van der Waals surface area contributed by atoms with Crippen molar-refractivity contribution >= 4 is 23.4 Å². The van der Waals surface area contributed by atoms with Crippen LogP contribution in [0.1, 0.15) is 10.4 Å². The molecule has 0 bridgehead atoms. The van der Waals surface area contributed by atoms with Gasteiger partial charge in [-0.15, -0.1) is 11.8 Å². The van der Waals surface area contributed by atoms with Gasteiger partial charge in [0.1, 0.15) is 0 Å². The lowest BCUT2D eigenvalue weighted by atomic mass is 10.2. The lowest BCUT2D eigenvalue weighted by Crippen LogP contribution is -2.05. The third-order valence-electron chi connectivity index (χ3n) is 1.79. The Hall–Kier alpha value is -1.20. The molecular weight excluding hydrogens is 214 g/mol. The van der Waals surface area contributed by atoms with E-state index in [1.807, 2.05) is 0 Å². The van der Waals surface area contributed by atoms with Crippen molar-refractivity contribution in [3.63, 3.8) is 0 Å². The van der Waals surface area contributed by atoms with Crippen LogP contribution in [-0.2, 0) is 4.74 Å². The number of methoxy groups -OCH3 is 1. The van der Waals surface area contributed by atoms with E-state index in [1.54, 1.807) is 18.2 Å². The predicted octanol–water partition coefficient (Wildman–Crippen LogP) is 1.14. The van der Waals surface area contributed by atoms with E-state index in [-0.39, 0.29) is 6.61 Å². The number of ether oxygens (including phenoxy) is 1. The molecule has 0 spiro atoms. The molecule has 0 aromatic heterocycles. The summed E-state index contributed by atoms with van der Waals surface area (Å²) in [5, 5.41) is 8.73. The molecule has 0 amide bonds. The summed E-state index contributed by atoms with van der Waals surface area (Å²) in [4.78, 5) is 12.1. The van der Waals surface area contributed by atoms with Gasteiger partial charge in [-0.2, -0.15) is 0 Å². The Kier molecular flexibility index (Phi) is 4.45. The number of nitrogen functional groups attached to an aromatic ring is 1. The largest absolute Gasteiger partial charge is 0.465 e. The number of hydrogen-bond donors (Lipinski definition) is 2. The summed E-state index contributed by atoms with van der Waals surface area (Å²) in [6, 6.07) is 5.07. The lowest BCUT2D eigenvalue weighted by Gasteiger charge is -2.09. The fourth-order valence-corrected chi connectivity index (χ4v) is 1.97. The zero-order valence-electron chi connectivity index (χ0n) is 8.40. The molecule has 0 unspecified atom stereocenters. The number of thioether (sulfide) groups is 1. The summed E-state index contributed by atoms with van der Waals surface area (Å²) in [5.74, 6) is 0.0841. The first-order chi connectivity index (χ1) is 7.20. The molecule has 0 atom stereocenters. The van der Waals surface area contributed by atoms with Crippen LogP contribution in [0.25, 0.3) is 0 Å². The van der Waals surface area contributed by atoms with Crippen LogP contribution in [0, 0.1) is 0 Å². The van der Waals surface area contributed by atoms with E-state index in [0.29, 0.717) is 21.9 Å².